The minimum Gasteiger partial charge on any atom is -0.311 e. The number of rotatable bonds is 4. The van der Waals surface area contributed by atoms with E-state index in [4.69, 9.17) is 0 Å². The molecular formula is C9H18FN. The molecule has 1 N–H and O–H groups in total. The molecule has 0 bridgehead atoms. The molecule has 1 nitrogen and oxygen atoms in total. The van der Waals surface area contributed by atoms with Gasteiger partial charge in [0.05, 0.1) is 0 Å². The van der Waals surface area contributed by atoms with Crippen molar-refractivity contribution in [3.63, 3.8) is 0 Å². The second-order valence-electron chi connectivity index (χ2n) is 3.48. The van der Waals surface area contributed by atoms with Gasteiger partial charge in [-0.3, -0.25) is 0 Å². The van der Waals surface area contributed by atoms with Crippen molar-refractivity contribution >= 4 is 0 Å². The number of nitrogens with one attached hydrogen (secondary N) is 1. The summed E-state index contributed by atoms with van der Waals surface area (Å²) in [5.74, 6) is 0.807. The van der Waals surface area contributed by atoms with Gasteiger partial charge in [0.2, 0.25) is 0 Å². The summed E-state index contributed by atoms with van der Waals surface area (Å²) >= 11 is 0. The fourth-order valence-corrected chi connectivity index (χ4v) is 1.91. The van der Waals surface area contributed by atoms with Crippen LogP contribution in [-0.2, 0) is 0 Å². The van der Waals surface area contributed by atoms with Crippen LogP contribution in [0.25, 0.3) is 0 Å². The highest BCUT2D eigenvalue weighted by Gasteiger charge is 2.20. The predicted molar refractivity (Wildman–Crippen MR) is 45.4 cm³/mol. The summed E-state index contributed by atoms with van der Waals surface area (Å²) in [6, 6.07) is 0.522. The number of halogens is 1. The number of hydrogen-bond acceptors (Lipinski definition) is 1. The highest BCUT2D eigenvalue weighted by Crippen LogP contribution is 2.27. The Kier molecular flexibility index (Phi) is 3.84. The van der Waals surface area contributed by atoms with E-state index in [9.17, 15) is 4.39 Å². The molecule has 0 aromatic rings. The van der Waals surface area contributed by atoms with Crippen LogP contribution in [0.15, 0.2) is 0 Å². The lowest BCUT2D eigenvalue weighted by Gasteiger charge is -2.19. The molecule has 1 atom stereocenters. The molecule has 0 heterocycles. The van der Waals surface area contributed by atoms with E-state index in [0.717, 1.165) is 5.92 Å². The lowest BCUT2D eigenvalue weighted by atomic mass is 10.00. The van der Waals surface area contributed by atoms with E-state index < -0.39 is 0 Å². The molecule has 0 amide bonds. The maximum absolute atomic E-state index is 11.8. The second-order valence-corrected chi connectivity index (χ2v) is 3.48. The molecule has 0 aromatic heterocycles. The SMILES string of the molecule is C[C@H](NCCF)C1CCCC1. The Morgan fingerprint density at radius 2 is 2.09 bits per heavy atom. The zero-order valence-corrected chi connectivity index (χ0v) is 7.28. The standard InChI is InChI=1S/C9H18FN/c1-8(11-7-6-10)9-4-2-3-5-9/h8-9,11H,2-7H2,1H3/t8-/m0/s1. The van der Waals surface area contributed by atoms with Crippen LogP contribution in [-0.4, -0.2) is 19.3 Å². The number of hydrogen-bond donors (Lipinski definition) is 1. The van der Waals surface area contributed by atoms with Crippen molar-refractivity contribution in [2.45, 2.75) is 38.6 Å². The van der Waals surface area contributed by atoms with Gasteiger partial charge in [-0.25, -0.2) is 4.39 Å². The molecule has 1 fully saturated rings. The zero-order valence-electron chi connectivity index (χ0n) is 7.28. The normalized spacial score (nSPS) is 22.4. The van der Waals surface area contributed by atoms with Crippen LogP contribution in [0.3, 0.4) is 0 Å². The predicted octanol–water partition coefficient (Wildman–Crippen LogP) is 2.12. The molecule has 2 heteroatoms. The molecule has 66 valence electrons. The van der Waals surface area contributed by atoms with Crippen molar-refractivity contribution in [2.75, 3.05) is 13.2 Å². The maximum Gasteiger partial charge on any atom is 0.102 e. The van der Waals surface area contributed by atoms with Gasteiger partial charge in [0, 0.05) is 12.6 Å². The van der Waals surface area contributed by atoms with Crippen molar-refractivity contribution in [2.24, 2.45) is 5.92 Å². The van der Waals surface area contributed by atoms with Gasteiger partial charge < -0.3 is 5.32 Å². The van der Waals surface area contributed by atoms with Gasteiger partial charge in [0.15, 0.2) is 0 Å². The third kappa shape index (κ3) is 2.78. The average molecular weight is 159 g/mol. The smallest absolute Gasteiger partial charge is 0.102 e. The van der Waals surface area contributed by atoms with Crippen LogP contribution in [0.4, 0.5) is 4.39 Å². The van der Waals surface area contributed by atoms with Crippen molar-refractivity contribution in [3.05, 3.63) is 0 Å². The van der Waals surface area contributed by atoms with Crippen molar-refractivity contribution in [1.82, 2.24) is 5.32 Å². The van der Waals surface area contributed by atoms with Gasteiger partial charge in [-0.2, -0.15) is 0 Å². The van der Waals surface area contributed by atoms with Gasteiger partial charge >= 0.3 is 0 Å². The average Bonchev–Trinajstić information content (AvgIpc) is 2.52. The van der Waals surface area contributed by atoms with E-state index in [-0.39, 0.29) is 6.67 Å². The van der Waals surface area contributed by atoms with E-state index in [0.29, 0.717) is 12.6 Å². The second kappa shape index (κ2) is 4.70. The summed E-state index contributed by atoms with van der Waals surface area (Å²) in [5.41, 5.74) is 0. The van der Waals surface area contributed by atoms with Gasteiger partial charge in [0.1, 0.15) is 6.67 Å². The third-order valence-corrected chi connectivity index (χ3v) is 2.67. The van der Waals surface area contributed by atoms with Crippen LogP contribution in [0.2, 0.25) is 0 Å². The quantitative estimate of drug-likeness (QED) is 0.662. The molecule has 0 saturated heterocycles. The van der Waals surface area contributed by atoms with Crippen LogP contribution in [0, 0.1) is 5.92 Å². The van der Waals surface area contributed by atoms with Gasteiger partial charge in [0.25, 0.3) is 0 Å². The van der Waals surface area contributed by atoms with E-state index in [1.54, 1.807) is 0 Å². The Morgan fingerprint density at radius 1 is 1.45 bits per heavy atom. The van der Waals surface area contributed by atoms with E-state index in [2.05, 4.69) is 12.2 Å². The highest BCUT2D eigenvalue weighted by atomic mass is 19.1. The Hall–Kier alpha value is -0.110. The Morgan fingerprint density at radius 3 is 2.64 bits per heavy atom. The fraction of sp³-hybridized carbons (Fsp3) is 1.00. The molecule has 0 aromatic carbocycles. The lowest BCUT2D eigenvalue weighted by Crippen LogP contribution is -2.33. The van der Waals surface area contributed by atoms with Gasteiger partial charge in [-0.05, 0) is 25.7 Å². The number of alkyl halides is 1. The van der Waals surface area contributed by atoms with Crippen LogP contribution in [0.1, 0.15) is 32.6 Å². The molecule has 11 heavy (non-hydrogen) atoms. The van der Waals surface area contributed by atoms with Crippen molar-refractivity contribution in [3.8, 4) is 0 Å². The van der Waals surface area contributed by atoms with Crippen LogP contribution in [0.5, 0.6) is 0 Å². The largest absolute Gasteiger partial charge is 0.311 e. The molecular weight excluding hydrogens is 141 g/mol. The minimum absolute atomic E-state index is 0.239. The van der Waals surface area contributed by atoms with E-state index in [1.165, 1.54) is 25.7 Å². The molecule has 0 radical (unpaired) electrons. The minimum atomic E-state index is -0.239. The summed E-state index contributed by atoms with van der Waals surface area (Å²) in [5, 5.41) is 3.20. The summed E-state index contributed by atoms with van der Waals surface area (Å²) in [6.45, 7) is 2.46. The Balaban J connectivity index is 2.12. The topological polar surface area (TPSA) is 12.0 Å². The molecule has 0 unspecified atom stereocenters. The first-order valence-corrected chi connectivity index (χ1v) is 4.64. The first kappa shape index (κ1) is 8.98. The first-order valence-electron chi connectivity index (χ1n) is 4.64. The van der Waals surface area contributed by atoms with Gasteiger partial charge in [-0.15, -0.1) is 0 Å². The molecule has 0 spiro atoms. The monoisotopic (exact) mass is 159 g/mol. The molecule has 1 saturated carbocycles. The third-order valence-electron chi connectivity index (χ3n) is 2.67. The molecule has 0 aliphatic heterocycles. The lowest BCUT2D eigenvalue weighted by molar-refractivity contribution is 0.359. The Bertz CT molecular complexity index is 99.7. The zero-order chi connectivity index (χ0) is 8.10. The molecule has 1 aliphatic rings. The van der Waals surface area contributed by atoms with Crippen LogP contribution < -0.4 is 5.32 Å². The van der Waals surface area contributed by atoms with E-state index in [1.807, 2.05) is 0 Å². The highest BCUT2D eigenvalue weighted by molar-refractivity contribution is 4.76. The van der Waals surface area contributed by atoms with Crippen molar-refractivity contribution < 1.29 is 4.39 Å². The van der Waals surface area contributed by atoms with Crippen molar-refractivity contribution in [1.29, 1.82) is 0 Å². The summed E-state index contributed by atoms with van der Waals surface area (Å²) in [4.78, 5) is 0. The fourth-order valence-electron chi connectivity index (χ4n) is 1.91. The summed E-state index contributed by atoms with van der Waals surface area (Å²) in [7, 11) is 0. The summed E-state index contributed by atoms with van der Waals surface area (Å²) in [6.07, 6.45) is 5.40. The summed E-state index contributed by atoms with van der Waals surface area (Å²) < 4.78 is 11.8. The maximum atomic E-state index is 11.8. The first-order chi connectivity index (χ1) is 5.34. The molecule has 1 aliphatic carbocycles. The van der Waals surface area contributed by atoms with Gasteiger partial charge in [-0.1, -0.05) is 12.8 Å². The Labute approximate surface area is 68.4 Å². The molecule has 1 rings (SSSR count). The van der Waals surface area contributed by atoms with E-state index >= 15 is 0 Å². The van der Waals surface area contributed by atoms with Crippen LogP contribution >= 0.6 is 0 Å².